The van der Waals surface area contributed by atoms with Crippen LogP contribution in [0.1, 0.15) is 11.8 Å². The van der Waals surface area contributed by atoms with Crippen LogP contribution in [0.4, 0.5) is 0 Å². The van der Waals surface area contributed by atoms with Gasteiger partial charge in [-0.05, 0) is 36.1 Å². The average Bonchev–Trinajstić information content (AvgIpc) is 2.82. The van der Waals surface area contributed by atoms with E-state index in [9.17, 15) is 0 Å². The van der Waals surface area contributed by atoms with Gasteiger partial charge in [0.15, 0.2) is 0 Å². The molecule has 0 unspecified atom stereocenters. The molecule has 2 heteroatoms. The molecule has 2 aromatic heterocycles. The minimum Gasteiger partial charge on any atom is -0.144 e. The Labute approximate surface area is 90.8 Å². The van der Waals surface area contributed by atoms with E-state index in [0.29, 0.717) is 0 Å². The van der Waals surface area contributed by atoms with Crippen LogP contribution in [-0.2, 0) is 6.42 Å². The maximum atomic E-state index is 2.34. The third-order valence-corrected chi connectivity index (χ3v) is 4.66. The van der Waals surface area contributed by atoms with E-state index in [0.717, 1.165) is 6.42 Å². The van der Waals surface area contributed by atoms with Crippen molar-refractivity contribution in [3.05, 3.63) is 34.5 Å². The largest absolute Gasteiger partial charge is 0.144 e. The molecule has 0 radical (unpaired) electrons. The van der Waals surface area contributed by atoms with Crippen LogP contribution in [0.2, 0.25) is 0 Å². The van der Waals surface area contributed by atoms with Crippen LogP contribution < -0.4 is 0 Å². The summed E-state index contributed by atoms with van der Waals surface area (Å²) < 4.78 is 2.82. The highest BCUT2D eigenvalue weighted by molar-refractivity contribution is 7.20. The molecule has 0 atom stereocenters. The van der Waals surface area contributed by atoms with Crippen LogP contribution in [0, 0.1) is 0 Å². The lowest BCUT2D eigenvalue weighted by Gasteiger charge is -1.90. The third-order valence-electron chi connectivity index (χ3n) is 2.53. The normalized spacial score (nSPS) is 11.5. The molecule has 1 aromatic carbocycles. The third kappa shape index (κ3) is 1.11. The summed E-state index contributed by atoms with van der Waals surface area (Å²) in [5.74, 6) is 0. The zero-order valence-corrected chi connectivity index (χ0v) is 9.54. The molecule has 0 aliphatic carbocycles. The molecule has 0 aliphatic rings. The molecule has 0 bridgehead atoms. The fourth-order valence-electron chi connectivity index (χ4n) is 1.79. The fraction of sp³-hybridized carbons (Fsp3) is 0.167. The first-order valence-corrected chi connectivity index (χ1v) is 6.46. The summed E-state index contributed by atoms with van der Waals surface area (Å²) in [5, 5.41) is 5.03. The number of thiophene rings is 2. The second-order valence-electron chi connectivity index (χ2n) is 3.38. The Morgan fingerprint density at radius 2 is 1.93 bits per heavy atom. The first-order chi connectivity index (χ1) is 6.88. The first kappa shape index (κ1) is 8.45. The number of fused-ring (bicyclic) bond motifs is 3. The monoisotopic (exact) mass is 218 g/mol. The van der Waals surface area contributed by atoms with Crippen molar-refractivity contribution < 1.29 is 0 Å². The van der Waals surface area contributed by atoms with Crippen molar-refractivity contribution >= 4 is 42.8 Å². The summed E-state index contributed by atoms with van der Waals surface area (Å²) in [6.07, 6.45) is 1.14. The van der Waals surface area contributed by atoms with E-state index in [2.05, 4.69) is 36.6 Å². The van der Waals surface area contributed by atoms with Crippen LogP contribution in [-0.4, -0.2) is 0 Å². The molecule has 2 heterocycles. The van der Waals surface area contributed by atoms with E-state index in [1.54, 1.807) is 0 Å². The van der Waals surface area contributed by atoms with E-state index in [1.807, 2.05) is 22.7 Å². The summed E-state index contributed by atoms with van der Waals surface area (Å²) in [6.45, 7) is 2.22. The van der Waals surface area contributed by atoms with Crippen LogP contribution >= 0.6 is 22.7 Å². The van der Waals surface area contributed by atoms with Gasteiger partial charge in [-0.25, -0.2) is 0 Å². The number of aryl methyl sites for hydroxylation is 1. The Morgan fingerprint density at radius 1 is 1.07 bits per heavy atom. The lowest BCUT2D eigenvalue weighted by molar-refractivity contribution is 1.19. The number of hydrogen-bond donors (Lipinski definition) is 0. The SMILES string of the molecule is CCc1cc2c(ccc3sccc32)s1. The highest BCUT2D eigenvalue weighted by atomic mass is 32.1. The van der Waals surface area contributed by atoms with E-state index in [-0.39, 0.29) is 0 Å². The van der Waals surface area contributed by atoms with Crippen molar-refractivity contribution in [3.8, 4) is 0 Å². The number of benzene rings is 1. The molecule has 0 fully saturated rings. The molecule has 14 heavy (non-hydrogen) atoms. The molecule has 3 aromatic rings. The Balaban J connectivity index is 2.49. The standard InChI is InChI=1S/C12H10S2/c1-2-8-7-10-9-5-6-13-11(9)3-4-12(10)14-8/h3-7H,2H2,1H3. The smallest absolute Gasteiger partial charge is 0.0352 e. The van der Waals surface area contributed by atoms with Gasteiger partial charge in [-0.1, -0.05) is 6.92 Å². The maximum Gasteiger partial charge on any atom is 0.0352 e. The second kappa shape index (κ2) is 3.07. The molecule has 0 saturated heterocycles. The Kier molecular flexibility index (Phi) is 1.85. The van der Waals surface area contributed by atoms with Crippen LogP contribution in [0.5, 0.6) is 0 Å². The molecular weight excluding hydrogens is 208 g/mol. The molecule has 0 spiro atoms. The Hall–Kier alpha value is -0.860. The molecule has 0 N–H and O–H groups in total. The van der Waals surface area contributed by atoms with Gasteiger partial charge in [-0.15, -0.1) is 22.7 Å². The van der Waals surface area contributed by atoms with Crippen LogP contribution in [0.3, 0.4) is 0 Å². The molecule has 0 saturated carbocycles. The topological polar surface area (TPSA) is 0 Å². The summed E-state index contributed by atoms with van der Waals surface area (Å²) in [4.78, 5) is 1.48. The minimum absolute atomic E-state index is 1.14. The van der Waals surface area contributed by atoms with Gasteiger partial charge in [0.25, 0.3) is 0 Å². The number of hydrogen-bond acceptors (Lipinski definition) is 2. The average molecular weight is 218 g/mol. The summed E-state index contributed by atoms with van der Waals surface area (Å²) in [5.41, 5.74) is 0. The highest BCUT2D eigenvalue weighted by Gasteiger charge is 2.04. The fourth-order valence-corrected chi connectivity index (χ4v) is 3.61. The predicted molar refractivity (Wildman–Crippen MR) is 66.6 cm³/mol. The van der Waals surface area contributed by atoms with Gasteiger partial charge in [0, 0.05) is 25.0 Å². The minimum atomic E-state index is 1.14. The lowest BCUT2D eigenvalue weighted by atomic mass is 10.2. The Bertz CT molecular complexity index is 586. The van der Waals surface area contributed by atoms with Crippen molar-refractivity contribution in [2.75, 3.05) is 0 Å². The second-order valence-corrected chi connectivity index (χ2v) is 5.49. The zero-order chi connectivity index (χ0) is 9.54. The van der Waals surface area contributed by atoms with Gasteiger partial charge in [0.05, 0.1) is 0 Å². The highest BCUT2D eigenvalue weighted by Crippen LogP contribution is 2.34. The van der Waals surface area contributed by atoms with Crippen molar-refractivity contribution in [3.63, 3.8) is 0 Å². The summed E-state index contributed by atoms with van der Waals surface area (Å²) in [7, 11) is 0. The first-order valence-electron chi connectivity index (χ1n) is 4.77. The molecule has 0 nitrogen and oxygen atoms in total. The lowest BCUT2D eigenvalue weighted by Crippen LogP contribution is -1.65. The molecule has 0 aliphatic heterocycles. The van der Waals surface area contributed by atoms with Gasteiger partial charge in [-0.2, -0.15) is 0 Å². The van der Waals surface area contributed by atoms with E-state index in [4.69, 9.17) is 0 Å². The molecular formula is C12H10S2. The van der Waals surface area contributed by atoms with Gasteiger partial charge in [0.2, 0.25) is 0 Å². The predicted octanol–water partition coefficient (Wildman–Crippen LogP) is 4.68. The van der Waals surface area contributed by atoms with Gasteiger partial charge in [0.1, 0.15) is 0 Å². The molecule has 0 amide bonds. The van der Waals surface area contributed by atoms with Crippen molar-refractivity contribution in [1.82, 2.24) is 0 Å². The van der Waals surface area contributed by atoms with Gasteiger partial charge < -0.3 is 0 Å². The van der Waals surface area contributed by atoms with Crippen molar-refractivity contribution in [1.29, 1.82) is 0 Å². The van der Waals surface area contributed by atoms with Crippen molar-refractivity contribution in [2.45, 2.75) is 13.3 Å². The quantitative estimate of drug-likeness (QED) is 0.556. The maximum absolute atomic E-state index is 2.34. The van der Waals surface area contributed by atoms with Crippen LogP contribution in [0.25, 0.3) is 20.2 Å². The summed E-state index contributed by atoms with van der Waals surface area (Å²) in [6, 6.07) is 9.06. The van der Waals surface area contributed by atoms with E-state index in [1.165, 1.54) is 25.0 Å². The summed E-state index contributed by atoms with van der Waals surface area (Å²) >= 11 is 3.74. The molecule has 70 valence electrons. The van der Waals surface area contributed by atoms with E-state index >= 15 is 0 Å². The van der Waals surface area contributed by atoms with E-state index < -0.39 is 0 Å². The molecule has 3 rings (SSSR count). The van der Waals surface area contributed by atoms with Crippen molar-refractivity contribution in [2.24, 2.45) is 0 Å². The van der Waals surface area contributed by atoms with Gasteiger partial charge >= 0.3 is 0 Å². The van der Waals surface area contributed by atoms with Gasteiger partial charge in [-0.3, -0.25) is 0 Å². The number of rotatable bonds is 1. The van der Waals surface area contributed by atoms with Crippen LogP contribution in [0.15, 0.2) is 29.6 Å². The zero-order valence-electron chi connectivity index (χ0n) is 7.91. The Morgan fingerprint density at radius 3 is 2.79 bits per heavy atom.